The van der Waals surface area contributed by atoms with Crippen molar-refractivity contribution in [3.05, 3.63) is 26.6 Å². The van der Waals surface area contributed by atoms with E-state index < -0.39 is 0 Å². The minimum Gasteiger partial charge on any atom is -0.369 e. The second-order valence-corrected chi connectivity index (χ2v) is 7.45. The molecule has 0 aromatic heterocycles. The Labute approximate surface area is 133 Å². The van der Waals surface area contributed by atoms with Crippen LogP contribution in [0.25, 0.3) is 0 Å². The van der Waals surface area contributed by atoms with Gasteiger partial charge in [-0.1, -0.05) is 13.8 Å². The van der Waals surface area contributed by atoms with Crippen molar-refractivity contribution < 1.29 is 0 Å². The largest absolute Gasteiger partial charge is 0.369 e. The van der Waals surface area contributed by atoms with Crippen LogP contribution in [0.15, 0.2) is 21.1 Å². The maximum atomic E-state index is 3.70. The third-order valence-electron chi connectivity index (χ3n) is 3.58. The van der Waals surface area contributed by atoms with E-state index in [0.29, 0.717) is 6.04 Å². The zero-order valence-corrected chi connectivity index (χ0v) is 15.0. The molecule has 1 fully saturated rings. The Balaban J connectivity index is 2.05. The van der Waals surface area contributed by atoms with Crippen molar-refractivity contribution >= 4 is 37.5 Å². The first kappa shape index (κ1) is 15.3. The van der Waals surface area contributed by atoms with Gasteiger partial charge in [-0.15, -0.1) is 0 Å². The quantitative estimate of drug-likeness (QED) is 0.823. The molecule has 2 nitrogen and oxygen atoms in total. The van der Waals surface area contributed by atoms with E-state index in [1.165, 1.54) is 26.6 Å². The Morgan fingerprint density at radius 1 is 1.32 bits per heavy atom. The van der Waals surface area contributed by atoms with Gasteiger partial charge >= 0.3 is 0 Å². The van der Waals surface area contributed by atoms with Gasteiger partial charge in [0.05, 0.1) is 5.69 Å². The summed E-state index contributed by atoms with van der Waals surface area (Å²) >= 11 is 7.41. The smallest absolute Gasteiger partial charge is 0.0655 e. The molecule has 0 radical (unpaired) electrons. The lowest BCUT2D eigenvalue weighted by atomic mass is 10.1. The number of benzene rings is 1. The van der Waals surface area contributed by atoms with E-state index in [9.17, 15) is 0 Å². The molecule has 0 bridgehead atoms. The Morgan fingerprint density at radius 3 is 2.53 bits per heavy atom. The summed E-state index contributed by atoms with van der Waals surface area (Å²) in [7, 11) is 0. The number of hydrogen-bond donors (Lipinski definition) is 1. The summed E-state index contributed by atoms with van der Waals surface area (Å²) in [6.07, 6.45) is 1.27. The third kappa shape index (κ3) is 3.96. The molecule has 4 heteroatoms. The Hall–Kier alpha value is -0.0600. The van der Waals surface area contributed by atoms with Crippen molar-refractivity contribution in [3.63, 3.8) is 0 Å². The fourth-order valence-corrected chi connectivity index (χ4v) is 4.52. The molecule has 2 rings (SSSR count). The highest BCUT2D eigenvalue weighted by molar-refractivity contribution is 9.11. The van der Waals surface area contributed by atoms with Crippen molar-refractivity contribution in [1.29, 1.82) is 0 Å². The summed E-state index contributed by atoms with van der Waals surface area (Å²) in [6.45, 7) is 9.94. The fourth-order valence-electron chi connectivity index (χ4n) is 2.60. The van der Waals surface area contributed by atoms with E-state index in [1.807, 2.05) is 0 Å². The average molecular weight is 390 g/mol. The predicted molar refractivity (Wildman–Crippen MR) is 90.0 cm³/mol. The van der Waals surface area contributed by atoms with Crippen LogP contribution in [0.2, 0.25) is 0 Å². The summed E-state index contributed by atoms with van der Waals surface area (Å²) in [5, 5.41) is 3.55. The highest BCUT2D eigenvalue weighted by Crippen LogP contribution is 2.37. The molecule has 1 saturated heterocycles. The van der Waals surface area contributed by atoms with E-state index in [0.717, 1.165) is 25.6 Å². The first-order valence-corrected chi connectivity index (χ1v) is 8.50. The topological polar surface area (TPSA) is 15.3 Å². The molecular formula is C15H22Br2N2. The molecule has 1 aliphatic heterocycles. The molecule has 1 N–H and O–H groups in total. The normalized spacial score (nSPS) is 19.5. The summed E-state index contributed by atoms with van der Waals surface area (Å²) in [5.41, 5.74) is 2.58. The number of hydrogen-bond acceptors (Lipinski definition) is 2. The number of aryl methyl sites for hydroxylation is 1. The van der Waals surface area contributed by atoms with E-state index >= 15 is 0 Å². The zero-order valence-electron chi connectivity index (χ0n) is 11.8. The van der Waals surface area contributed by atoms with Crippen LogP contribution in [0.3, 0.4) is 0 Å². The molecule has 1 unspecified atom stereocenters. The van der Waals surface area contributed by atoms with Gasteiger partial charge < -0.3 is 10.2 Å². The number of halogens is 2. The van der Waals surface area contributed by atoms with Gasteiger partial charge in [0.1, 0.15) is 0 Å². The van der Waals surface area contributed by atoms with Gasteiger partial charge in [0.25, 0.3) is 0 Å². The molecule has 0 saturated carbocycles. The first-order chi connectivity index (χ1) is 8.97. The van der Waals surface area contributed by atoms with Gasteiger partial charge in [-0.2, -0.15) is 0 Å². The van der Waals surface area contributed by atoms with Crippen LogP contribution in [0, 0.1) is 12.8 Å². The monoisotopic (exact) mass is 388 g/mol. The van der Waals surface area contributed by atoms with Gasteiger partial charge in [-0.25, -0.2) is 0 Å². The summed E-state index contributed by atoms with van der Waals surface area (Å²) < 4.78 is 2.38. The van der Waals surface area contributed by atoms with Crippen molar-refractivity contribution in [1.82, 2.24) is 5.32 Å². The molecule has 0 aliphatic carbocycles. The van der Waals surface area contributed by atoms with E-state index in [-0.39, 0.29) is 0 Å². The standard InChI is InChI=1S/C15H22Br2N2/c1-10(2)18-8-12-4-5-19(9-12)15-13(16)6-11(3)7-14(15)17/h6-7,10,12,18H,4-5,8-9H2,1-3H3. The van der Waals surface area contributed by atoms with Crippen molar-refractivity contribution in [2.45, 2.75) is 33.2 Å². The first-order valence-electron chi connectivity index (χ1n) is 6.91. The minimum atomic E-state index is 0.576. The molecule has 1 aromatic rings. The van der Waals surface area contributed by atoms with E-state index in [1.54, 1.807) is 0 Å². The zero-order chi connectivity index (χ0) is 14.0. The second kappa shape index (κ2) is 6.59. The number of rotatable bonds is 4. The fraction of sp³-hybridized carbons (Fsp3) is 0.600. The Morgan fingerprint density at radius 2 is 1.95 bits per heavy atom. The van der Waals surface area contributed by atoms with Gasteiger partial charge in [-0.3, -0.25) is 0 Å². The molecule has 0 spiro atoms. The van der Waals surface area contributed by atoms with Crippen molar-refractivity contribution in [2.24, 2.45) is 5.92 Å². The van der Waals surface area contributed by atoms with Gasteiger partial charge in [-0.05, 0) is 75.4 Å². The van der Waals surface area contributed by atoms with Gasteiger partial charge in [0, 0.05) is 28.1 Å². The van der Waals surface area contributed by atoms with Gasteiger partial charge in [0.2, 0.25) is 0 Å². The lowest BCUT2D eigenvalue weighted by molar-refractivity contribution is 0.480. The van der Waals surface area contributed by atoms with Crippen LogP contribution in [0.1, 0.15) is 25.8 Å². The van der Waals surface area contributed by atoms with Crippen LogP contribution in [0.5, 0.6) is 0 Å². The lowest BCUT2D eigenvalue weighted by Crippen LogP contribution is -2.30. The summed E-state index contributed by atoms with van der Waals surface area (Å²) in [4.78, 5) is 2.49. The van der Waals surface area contributed by atoms with E-state index in [2.05, 4.69) is 75.0 Å². The predicted octanol–water partition coefficient (Wildman–Crippen LogP) is 4.34. The second-order valence-electron chi connectivity index (χ2n) is 5.74. The highest BCUT2D eigenvalue weighted by Gasteiger charge is 2.25. The lowest BCUT2D eigenvalue weighted by Gasteiger charge is -2.22. The Bertz CT molecular complexity index is 423. The molecule has 1 atom stereocenters. The third-order valence-corrected chi connectivity index (χ3v) is 4.79. The van der Waals surface area contributed by atoms with Crippen LogP contribution in [-0.2, 0) is 0 Å². The molecule has 1 aliphatic rings. The maximum Gasteiger partial charge on any atom is 0.0655 e. The minimum absolute atomic E-state index is 0.576. The molecule has 0 amide bonds. The molecular weight excluding hydrogens is 368 g/mol. The van der Waals surface area contributed by atoms with Crippen LogP contribution >= 0.6 is 31.9 Å². The highest BCUT2D eigenvalue weighted by atomic mass is 79.9. The Kier molecular flexibility index (Phi) is 5.32. The van der Waals surface area contributed by atoms with E-state index in [4.69, 9.17) is 0 Å². The SMILES string of the molecule is Cc1cc(Br)c(N2CCC(CNC(C)C)C2)c(Br)c1. The van der Waals surface area contributed by atoms with Crippen LogP contribution < -0.4 is 10.2 Å². The van der Waals surface area contributed by atoms with Crippen molar-refractivity contribution in [3.8, 4) is 0 Å². The average Bonchev–Trinajstić information content (AvgIpc) is 2.73. The van der Waals surface area contributed by atoms with Gasteiger partial charge in [0.15, 0.2) is 0 Å². The number of anilines is 1. The molecule has 1 aromatic carbocycles. The van der Waals surface area contributed by atoms with Crippen molar-refractivity contribution in [2.75, 3.05) is 24.5 Å². The van der Waals surface area contributed by atoms with Crippen LogP contribution in [-0.4, -0.2) is 25.7 Å². The molecule has 1 heterocycles. The summed E-state index contributed by atoms with van der Waals surface area (Å²) in [6, 6.07) is 4.96. The summed E-state index contributed by atoms with van der Waals surface area (Å²) in [5.74, 6) is 0.752. The maximum absolute atomic E-state index is 3.70. The number of nitrogens with zero attached hydrogens (tertiary/aromatic N) is 1. The molecule has 19 heavy (non-hydrogen) atoms. The van der Waals surface area contributed by atoms with Crippen LogP contribution in [0.4, 0.5) is 5.69 Å². The number of nitrogens with one attached hydrogen (secondary N) is 1. The molecule has 106 valence electrons.